The van der Waals surface area contributed by atoms with Gasteiger partial charge in [0.05, 0.1) is 11.0 Å². The molecule has 5 nitrogen and oxygen atoms in total. The lowest BCUT2D eigenvalue weighted by Gasteiger charge is -2.13. The van der Waals surface area contributed by atoms with Gasteiger partial charge in [-0.25, -0.2) is 15.0 Å². The summed E-state index contributed by atoms with van der Waals surface area (Å²) in [4.78, 5) is 15.0. The van der Waals surface area contributed by atoms with Gasteiger partial charge in [-0.15, -0.1) is 0 Å². The highest BCUT2D eigenvalue weighted by atomic mass is 16.3. The number of rotatable bonds is 6. The summed E-state index contributed by atoms with van der Waals surface area (Å²) in [6.45, 7) is 0. The molecule has 51 heavy (non-hydrogen) atoms. The first kappa shape index (κ1) is 29.1. The molecule has 0 aliphatic rings. The molecule has 3 heterocycles. The predicted octanol–water partition coefficient (Wildman–Crippen LogP) is 11.5. The average Bonchev–Trinajstić information content (AvgIpc) is 3.75. The van der Waals surface area contributed by atoms with Crippen LogP contribution in [0.1, 0.15) is 11.4 Å². The van der Waals surface area contributed by atoms with Crippen molar-refractivity contribution < 1.29 is 4.42 Å². The molecule has 0 saturated heterocycles. The van der Waals surface area contributed by atoms with E-state index in [2.05, 4.69) is 114 Å². The van der Waals surface area contributed by atoms with Crippen molar-refractivity contribution in [3.8, 4) is 39.6 Å². The molecular formula is C46H30N4O. The first-order valence-electron chi connectivity index (χ1n) is 17.2. The lowest BCUT2D eigenvalue weighted by molar-refractivity contribution is 0.669. The van der Waals surface area contributed by atoms with Crippen LogP contribution in [0.15, 0.2) is 174 Å². The van der Waals surface area contributed by atoms with Gasteiger partial charge in [-0.2, -0.15) is 0 Å². The SMILES string of the molecule is c1ccc(-c2nc(Cc3cccc4c5ccccc5n(-c5ccc6oc7cccc(-c8ccccc8)c7c6c5)c34)nc(-c3ccccc3)n2)cc1. The predicted molar refractivity (Wildman–Crippen MR) is 207 cm³/mol. The van der Waals surface area contributed by atoms with Gasteiger partial charge >= 0.3 is 0 Å². The summed E-state index contributed by atoms with van der Waals surface area (Å²) in [6.07, 6.45) is 0.533. The van der Waals surface area contributed by atoms with E-state index in [1.807, 2.05) is 60.7 Å². The van der Waals surface area contributed by atoms with E-state index in [9.17, 15) is 0 Å². The van der Waals surface area contributed by atoms with E-state index < -0.39 is 0 Å². The summed E-state index contributed by atoms with van der Waals surface area (Å²) in [5, 5.41) is 4.59. The summed E-state index contributed by atoms with van der Waals surface area (Å²) in [6, 6.07) is 58.9. The maximum absolute atomic E-state index is 6.43. The molecule has 0 fully saturated rings. The second kappa shape index (κ2) is 11.9. The molecule has 0 aliphatic heterocycles. The molecule has 0 amide bonds. The van der Waals surface area contributed by atoms with Crippen LogP contribution in [0.2, 0.25) is 0 Å². The Morgan fingerprint density at radius 3 is 1.82 bits per heavy atom. The molecular weight excluding hydrogens is 625 g/mol. The summed E-state index contributed by atoms with van der Waals surface area (Å²) in [5.74, 6) is 2.05. The van der Waals surface area contributed by atoms with Gasteiger partial charge in [-0.05, 0) is 47.0 Å². The van der Waals surface area contributed by atoms with Crippen molar-refractivity contribution >= 4 is 43.7 Å². The lowest BCUT2D eigenvalue weighted by atomic mass is 9.99. The number of benzene rings is 7. The van der Waals surface area contributed by atoms with Crippen LogP contribution in [-0.4, -0.2) is 19.5 Å². The van der Waals surface area contributed by atoms with E-state index in [0.717, 1.165) is 72.3 Å². The molecule has 0 unspecified atom stereocenters. The third-order valence-electron chi connectivity index (χ3n) is 9.69. The Kier molecular flexibility index (Phi) is 6.81. The number of aromatic nitrogens is 4. The van der Waals surface area contributed by atoms with Gasteiger partial charge < -0.3 is 8.98 Å². The molecule has 0 spiro atoms. The van der Waals surface area contributed by atoms with E-state index in [-0.39, 0.29) is 0 Å². The normalized spacial score (nSPS) is 11.6. The number of fused-ring (bicyclic) bond motifs is 6. The standard InChI is InChI=1S/C46H30N4O/c1-4-14-30(15-5-1)35-22-13-25-41-43(35)38-29-34(26-27-40(38)51-41)50-39-24-11-10-21-36(39)37-23-12-20-33(44(37)50)28-42-47-45(31-16-6-2-7-17-31)49-46(48-42)32-18-8-3-9-19-32/h1-27,29H,28H2. The second-order valence-electron chi connectivity index (χ2n) is 12.8. The Morgan fingerprint density at radius 1 is 0.471 bits per heavy atom. The highest BCUT2D eigenvalue weighted by molar-refractivity contribution is 6.14. The minimum absolute atomic E-state index is 0.533. The molecule has 10 rings (SSSR count). The van der Waals surface area contributed by atoms with Gasteiger partial charge in [0.2, 0.25) is 0 Å². The number of para-hydroxylation sites is 2. The minimum atomic E-state index is 0.533. The van der Waals surface area contributed by atoms with Gasteiger partial charge in [0.25, 0.3) is 0 Å². The van der Waals surface area contributed by atoms with Crippen LogP contribution in [0.3, 0.4) is 0 Å². The molecule has 0 N–H and O–H groups in total. The van der Waals surface area contributed by atoms with Gasteiger partial charge in [0.15, 0.2) is 11.6 Å². The zero-order chi connectivity index (χ0) is 33.7. The van der Waals surface area contributed by atoms with Crippen molar-refractivity contribution in [2.45, 2.75) is 6.42 Å². The van der Waals surface area contributed by atoms with Gasteiger partial charge in [-0.1, -0.05) is 140 Å². The molecule has 0 bridgehead atoms. The number of nitrogens with zero attached hydrogens (tertiary/aromatic N) is 4. The first-order valence-corrected chi connectivity index (χ1v) is 17.2. The number of hydrogen-bond acceptors (Lipinski definition) is 4. The maximum atomic E-state index is 6.43. The molecule has 0 radical (unpaired) electrons. The Hall–Kier alpha value is -6.85. The van der Waals surface area contributed by atoms with Crippen molar-refractivity contribution in [2.75, 3.05) is 0 Å². The van der Waals surface area contributed by atoms with Crippen molar-refractivity contribution in [1.29, 1.82) is 0 Å². The van der Waals surface area contributed by atoms with Crippen LogP contribution in [0.25, 0.3) is 83.3 Å². The average molecular weight is 655 g/mol. The smallest absolute Gasteiger partial charge is 0.163 e. The molecule has 0 saturated carbocycles. The molecule has 7 aromatic carbocycles. The van der Waals surface area contributed by atoms with Crippen LogP contribution in [-0.2, 0) is 6.42 Å². The summed E-state index contributed by atoms with van der Waals surface area (Å²) in [7, 11) is 0. The van der Waals surface area contributed by atoms with Crippen LogP contribution in [0.4, 0.5) is 0 Å². The molecule has 5 heteroatoms. The van der Waals surface area contributed by atoms with E-state index in [0.29, 0.717) is 18.1 Å². The van der Waals surface area contributed by atoms with E-state index in [1.54, 1.807) is 0 Å². The first-order chi connectivity index (χ1) is 25.3. The number of hydrogen-bond donors (Lipinski definition) is 0. The quantitative estimate of drug-likeness (QED) is 0.179. The van der Waals surface area contributed by atoms with E-state index in [1.165, 1.54) is 10.8 Å². The topological polar surface area (TPSA) is 56.7 Å². The van der Waals surface area contributed by atoms with Gasteiger partial charge in [0.1, 0.15) is 17.0 Å². The highest BCUT2D eigenvalue weighted by Crippen LogP contribution is 2.40. The highest BCUT2D eigenvalue weighted by Gasteiger charge is 2.20. The Bertz CT molecular complexity index is 2820. The lowest BCUT2D eigenvalue weighted by Crippen LogP contribution is -2.05. The molecule has 240 valence electrons. The van der Waals surface area contributed by atoms with Gasteiger partial charge in [-0.3, -0.25) is 0 Å². The largest absolute Gasteiger partial charge is 0.456 e. The van der Waals surface area contributed by atoms with Crippen molar-refractivity contribution in [1.82, 2.24) is 19.5 Å². The summed E-state index contributed by atoms with van der Waals surface area (Å²) < 4.78 is 8.82. The van der Waals surface area contributed by atoms with Crippen LogP contribution in [0, 0.1) is 0 Å². The van der Waals surface area contributed by atoms with Crippen LogP contribution < -0.4 is 0 Å². The third kappa shape index (κ3) is 4.98. The number of furan rings is 1. The Morgan fingerprint density at radius 2 is 1.10 bits per heavy atom. The Balaban J connectivity index is 1.19. The summed E-state index contributed by atoms with van der Waals surface area (Å²) >= 11 is 0. The second-order valence-corrected chi connectivity index (χ2v) is 12.8. The molecule has 10 aromatic rings. The monoisotopic (exact) mass is 654 g/mol. The molecule has 0 aliphatic carbocycles. The van der Waals surface area contributed by atoms with Crippen molar-refractivity contribution in [2.24, 2.45) is 0 Å². The zero-order valence-corrected chi connectivity index (χ0v) is 27.6. The van der Waals surface area contributed by atoms with Crippen molar-refractivity contribution in [3.63, 3.8) is 0 Å². The summed E-state index contributed by atoms with van der Waals surface area (Å²) in [5.41, 5.74) is 10.5. The fourth-order valence-corrected chi connectivity index (χ4v) is 7.41. The molecule has 0 atom stereocenters. The van der Waals surface area contributed by atoms with Gasteiger partial charge in [0, 0.05) is 44.8 Å². The minimum Gasteiger partial charge on any atom is -0.456 e. The van der Waals surface area contributed by atoms with Crippen LogP contribution >= 0.6 is 0 Å². The Labute approximate surface area is 294 Å². The third-order valence-corrected chi connectivity index (χ3v) is 9.69. The fourth-order valence-electron chi connectivity index (χ4n) is 7.41. The molecule has 3 aromatic heterocycles. The van der Waals surface area contributed by atoms with Crippen molar-refractivity contribution in [3.05, 3.63) is 181 Å². The van der Waals surface area contributed by atoms with E-state index in [4.69, 9.17) is 19.4 Å². The maximum Gasteiger partial charge on any atom is 0.163 e. The van der Waals surface area contributed by atoms with Crippen LogP contribution in [0.5, 0.6) is 0 Å². The zero-order valence-electron chi connectivity index (χ0n) is 27.6. The fraction of sp³-hybridized carbons (Fsp3) is 0.0217. The van der Waals surface area contributed by atoms with E-state index >= 15 is 0 Å².